The van der Waals surface area contributed by atoms with Crippen molar-refractivity contribution in [2.24, 2.45) is 7.05 Å². The van der Waals surface area contributed by atoms with Gasteiger partial charge in [0.2, 0.25) is 5.95 Å². The van der Waals surface area contributed by atoms with E-state index in [9.17, 15) is 0 Å². The van der Waals surface area contributed by atoms with E-state index in [-0.39, 0.29) is 6.04 Å². The van der Waals surface area contributed by atoms with Crippen LogP contribution in [0.3, 0.4) is 0 Å². The highest BCUT2D eigenvalue weighted by atomic mass is 79.9. The fourth-order valence-corrected chi connectivity index (χ4v) is 6.79. The Kier molecular flexibility index (Phi) is 8.43. The number of hydrogen-bond donors (Lipinski definition) is 2. The number of aromatic nitrogens is 6. The number of ether oxygens (including phenoxy) is 2. The molecule has 4 heterocycles. The number of methoxy groups -OCH3 is 1. The third kappa shape index (κ3) is 6.00. The molecule has 0 aliphatic carbocycles. The number of nitrogens with one attached hydrogen (secondary N) is 2. The Morgan fingerprint density at radius 3 is 2.65 bits per heavy atom. The van der Waals surface area contributed by atoms with E-state index in [4.69, 9.17) is 14.5 Å². The molecule has 1 saturated heterocycles. The Labute approximate surface area is 260 Å². The number of anilines is 5. The second-order valence-corrected chi connectivity index (χ2v) is 13.6. The van der Waals surface area contributed by atoms with E-state index in [1.54, 1.807) is 30.4 Å². The molecule has 2 aromatic carbocycles. The number of rotatable bonds is 8. The fraction of sp³-hybridized carbons (Fsp3) is 0.300. The lowest BCUT2D eigenvalue weighted by atomic mass is 10.0. The molecule has 1 atom stereocenters. The van der Waals surface area contributed by atoms with E-state index in [2.05, 4.69) is 83.9 Å². The largest absolute Gasteiger partial charge is 0.494 e. The van der Waals surface area contributed by atoms with Crippen LogP contribution in [0.25, 0.3) is 22.2 Å². The third-order valence-electron chi connectivity index (χ3n) is 7.32. The lowest BCUT2D eigenvalue weighted by molar-refractivity contribution is 0.0990. The first-order valence-corrected chi connectivity index (χ1v) is 16.9. The Bertz CT molecular complexity index is 1780. The summed E-state index contributed by atoms with van der Waals surface area (Å²) in [5.74, 6) is 1.73. The predicted molar refractivity (Wildman–Crippen MR) is 177 cm³/mol. The molecule has 0 amide bonds. The van der Waals surface area contributed by atoms with Gasteiger partial charge in [-0.1, -0.05) is 7.92 Å². The molecule has 13 heteroatoms. The van der Waals surface area contributed by atoms with Crippen LogP contribution >= 0.6 is 23.9 Å². The second-order valence-electron chi connectivity index (χ2n) is 10.5. The van der Waals surface area contributed by atoms with Crippen molar-refractivity contribution in [3.63, 3.8) is 0 Å². The smallest absolute Gasteiger partial charge is 0.229 e. The maximum absolute atomic E-state index is 5.88. The Balaban J connectivity index is 1.38. The van der Waals surface area contributed by atoms with Gasteiger partial charge in [-0.2, -0.15) is 10.1 Å². The van der Waals surface area contributed by atoms with Gasteiger partial charge in [-0.25, -0.2) is 4.98 Å². The summed E-state index contributed by atoms with van der Waals surface area (Å²) in [5, 5.41) is 12.5. The van der Waals surface area contributed by atoms with Crippen LogP contribution in [0.5, 0.6) is 5.75 Å². The van der Waals surface area contributed by atoms with Crippen molar-refractivity contribution in [3.05, 3.63) is 59.7 Å². The molecule has 5 aromatic rings. The van der Waals surface area contributed by atoms with Gasteiger partial charge in [0.25, 0.3) is 0 Å². The molecule has 0 radical (unpaired) electrons. The molecule has 11 nitrogen and oxygen atoms in total. The van der Waals surface area contributed by atoms with Gasteiger partial charge in [0.05, 0.1) is 47.7 Å². The summed E-state index contributed by atoms with van der Waals surface area (Å²) in [6, 6.07) is 8.37. The van der Waals surface area contributed by atoms with Crippen LogP contribution in [0.4, 0.5) is 28.8 Å². The van der Waals surface area contributed by atoms with Gasteiger partial charge >= 0.3 is 0 Å². The Hall–Kier alpha value is -3.86. The number of fused-ring (bicyclic) bond motifs is 1. The monoisotopic (exact) mass is 661 g/mol. The fourth-order valence-electron chi connectivity index (χ4n) is 5.29. The molecule has 43 heavy (non-hydrogen) atoms. The number of benzene rings is 2. The summed E-state index contributed by atoms with van der Waals surface area (Å²) in [5.41, 5.74) is 6.55. The molecule has 1 fully saturated rings. The Morgan fingerprint density at radius 2 is 1.91 bits per heavy atom. The molecule has 1 aliphatic heterocycles. The number of halogens is 1. The highest BCUT2D eigenvalue weighted by Crippen LogP contribution is 2.41. The zero-order valence-corrected chi connectivity index (χ0v) is 27.1. The van der Waals surface area contributed by atoms with Crippen molar-refractivity contribution in [2.45, 2.75) is 13.0 Å². The quantitative estimate of drug-likeness (QED) is 0.202. The molecule has 0 spiro atoms. The van der Waals surface area contributed by atoms with Crippen LogP contribution in [0.2, 0.25) is 0 Å². The SMILES string of the molecule is COc1cc(N2CCOC[C@H]2C)c(-c2cnn(C)c2)cc1Nc1ncc(Br)c(Nc2ccc3nccnc3c2P(C)C)n1. The first-order valence-electron chi connectivity index (χ1n) is 13.9. The van der Waals surface area contributed by atoms with Crippen LogP contribution in [0, 0.1) is 0 Å². The molecule has 222 valence electrons. The van der Waals surface area contributed by atoms with Crippen molar-refractivity contribution < 1.29 is 9.47 Å². The average molecular weight is 663 g/mol. The summed E-state index contributed by atoms with van der Waals surface area (Å²) in [6.45, 7) is 8.71. The predicted octanol–water partition coefficient (Wildman–Crippen LogP) is 5.67. The molecule has 3 aromatic heterocycles. The van der Waals surface area contributed by atoms with Crippen LogP contribution in [0.15, 0.2) is 59.7 Å². The standard InChI is InChI=1S/C30H33BrN9O2P/c1-18-17-42-11-10-40(18)25-13-26(41-3)24(12-20(25)19-14-35-39(2)16-19)37-30-34-15-21(31)29(38-30)36-23-7-6-22-27(28(23)43(4)5)33-9-8-32-22/h6-9,12-16,18H,10-11,17H2,1-5H3,(H2,34,36,37,38)/t18-/m1/s1. The molecule has 2 N–H and O–H groups in total. The minimum absolute atomic E-state index is 0.217. The van der Waals surface area contributed by atoms with E-state index < -0.39 is 7.92 Å². The molecular weight excluding hydrogens is 629 g/mol. The van der Waals surface area contributed by atoms with Gasteiger partial charge in [0.15, 0.2) is 0 Å². The van der Waals surface area contributed by atoms with E-state index in [0.29, 0.717) is 30.7 Å². The molecule has 1 aliphatic rings. The molecule has 0 bridgehead atoms. The van der Waals surface area contributed by atoms with Gasteiger partial charge in [-0.05, 0) is 54.4 Å². The van der Waals surface area contributed by atoms with Crippen molar-refractivity contribution in [1.29, 1.82) is 0 Å². The number of aryl methyl sites for hydroxylation is 1. The highest BCUT2D eigenvalue weighted by Gasteiger charge is 2.25. The minimum atomic E-state index is -0.487. The first-order chi connectivity index (χ1) is 20.8. The maximum atomic E-state index is 5.88. The second kappa shape index (κ2) is 12.4. The zero-order valence-electron chi connectivity index (χ0n) is 24.7. The molecule has 0 saturated carbocycles. The van der Waals surface area contributed by atoms with Crippen LogP contribution in [0.1, 0.15) is 6.92 Å². The van der Waals surface area contributed by atoms with Gasteiger partial charge in [0.1, 0.15) is 11.6 Å². The van der Waals surface area contributed by atoms with Crippen molar-refractivity contribution in [3.8, 4) is 16.9 Å². The van der Waals surface area contributed by atoms with E-state index in [0.717, 1.165) is 55.5 Å². The van der Waals surface area contributed by atoms with E-state index >= 15 is 0 Å². The summed E-state index contributed by atoms with van der Waals surface area (Å²) >= 11 is 3.63. The number of nitrogens with zero attached hydrogens (tertiary/aromatic N) is 7. The maximum Gasteiger partial charge on any atom is 0.229 e. The van der Waals surface area contributed by atoms with Crippen LogP contribution in [-0.4, -0.2) is 76.0 Å². The molecule has 0 unspecified atom stereocenters. The van der Waals surface area contributed by atoms with E-state index in [1.807, 2.05) is 31.6 Å². The van der Waals surface area contributed by atoms with Crippen LogP contribution < -0.4 is 25.6 Å². The van der Waals surface area contributed by atoms with Gasteiger partial charge in [-0.3, -0.25) is 14.6 Å². The van der Waals surface area contributed by atoms with Crippen molar-refractivity contribution >= 4 is 69.0 Å². The topological polar surface area (TPSA) is 115 Å². The third-order valence-corrected chi connectivity index (χ3v) is 9.24. The van der Waals surface area contributed by atoms with Gasteiger partial charge in [0, 0.05) is 78.3 Å². The molecular formula is C30H33BrN9O2P. The number of morpholine rings is 1. The zero-order chi connectivity index (χ0) is 30.1. The van der Waals surface area contributed by atoms with Gasteiger partial charge < -0.3 is 25.0 Å². The van der Waals surface area contributed by atoms with E-state index in [1.165, 1.54) is 0 Å². The summed E-state index contributed by atoms with van der Waals surface area (Å²) in [6.07, 6.45) is 9.07. The van der Waals surface area contributed by atoms with Crippen LogP contribution in [-0.2, 0) is 11.8 Å². The Morgan fingerprint density at radius 1 is 1.07 bits per heavy atom. The summed E-state index contributed by atoms with van der Waals surface area (Å²) in [7, 11) is 3.10. The van der Waals surface area contributed by atoms with Crippen molar-refractivity contribution in [1.82, 2.24) is 29.7 Å². The lowest BCUT2D eigenvalue weighted by Crippen LogP contribution is -2.44. The van der Waals surface area contributed by atoms with Crippen molar-refractivity contribution in [2.75, 3.05) is 55.7 Å². The number of hydrogen-bond acceptors (Lipinski definition) is 10. The highest BCUT2D eigenvalue weighted by molar-refractivity contribution is 9.10. The average Bonchev–Trinajstić information content (AvgIpc) is 3.44. The first kappa shape index (κ1) is 29.2. The summed E-state index contributed by atoms with van der Waals surface area (Å²) in [4.78, 5) is 20.9. The lowest BCUT2D eigenvalue weighted by Gasteiger charge is -2.36. The minimum Gasteiger partial charge on any atom is -0.494 e. The molecule has 6 rings (SSSR count). The normalized spacial score (nSPS) is 15.2. The summed E-state index contributed by atoms with van der Waals surface area (Å²) < 4.78 is 14.1. The van der Waals surface area contributed by atoms with Gasteiger partial charge in [-0.15, -0.1) is 0 Å².